The van der Waals surface area contributed by atoms with Crippen LogP contribution in [-0.4, -0.2) is 20.8 Å². The standard InChI is InChI=1S/C22H36O4S/c1-5-6-7-8-9-10-11-12-13-14-21(23)17-26-27(24,25)22-19(3)15-18(2)16-20(22)4/h15-16H,5-14,17H2,1-4H3. The van der Waals surface area contributed by atoms with Crippen molar-refractivity contribution < 1.29 is 17.4 Å². The fourth-order valence-electron chi connectivity index (χ4n) is 3.47. The third kappa shape index (κ3) is 9.02. The monoisotopic (exact) mass is 396 g/mol. The van der Waals surface area contributed by atoms with Crippen LogP contribution in [0.3, 0.4) is 0 Å². The number of rotatable bonds is 14. The number of hydrogen-bond donors (Lipinski definition) is 0. The van der Waals surface area contributed by atoms with Crippen LogP contribution in [0.2, 0.25) is 0 Å². The van der Waals surface area contributed by atoms with Crippen LogP contribution in [0.25, 0.3) is 0 Å². The van der Waals surface area contributed by atoms with Gasteiger partial charge in [-0.1, -0.05) is 76.0 Å². The topological polar surface area (TPSA) is 60.4 Å². The molecule has 154 valence electrons. The molecule has 0 aliphatic heterocycles. The molecular weight excluding hydrogens is 360 g/mol. The van der Waals surface area contributed by atoms with Gasteiger partial charge < -0.3 is 0 Å². The minimum Gasteiger partial charge on any atom is -0.297 e. The summed E-state index contributed by atoms with van der Waals surface area (Å²) in [5.41, 5.74) is 2.31. The van der Waals surface area contributed by atoms with Crippen LogP contribution in [0, 0.1) is 20.8 Å². The molecule has 0 N–H and O–H groups in total. The SMILES string of the molecule is CCCCCCCCCCCC(=O)COS(=O)(=O)c1c(C)cc(C)cc1C. The highest BCUT2D eigenvalue weighted by molar-refractivity contribution is 7.86. The summed E-state index contributed by atoms with van der Waals surface area (Å²) in [6.07, 6.45) is 11.0. The first-order chi connectivity index (χ1) is 12.8. The predicted molar refractivity (Wildman–Crippen MR) is 111 cm³/mol. The van der Waals surface area contributed by atoms with E-state index in [1.807, 2.05) is 19.1 Å². The second kappa shape index (κ2) is 12.3. The highest BCUT2D eigenvalue weighted by Gasteiger charge is 2.22. The predicted octanol–water partition coefficient (Wildman–Crippen LogP) is 5.81. The molecule has 4 nitrogen and oxygen atoms in total. The summed E-state index contributed by atoms with van der Waals surface area (Å²) in [5, 5.41) is 0. The Balaban J connectivity index is 2.30. The van der Waals surface area contributed by atoms with Gasteiger partial charge in [0.05, 0.1) is 4.90 Å². The van der Waals surface area contributed by atoms with Gasteiger partial charge in [0.25, 0.3) is 10.1 Å². The van der Waals surface area contributed by atoms with Crippen molar-refractivity contribution in [3.8, 4) is 0 Å². The van der Waals surface area contributed by atoms with Crippen LogP contribution in [0.5, 0.6) is 0 Å². The maximum Gasteiger partial charge on any atom is 0.297 e. The van der Waals surface area contributed by atoms with Crippen molar-refractivity contribution in [3.05, 3.63) is 28.8 Å². The van der Waals surface area contributed by atoms with Crippen molar-refractivity contribution in [3.63, 3.8) is 0 Å². The average Bonchev–Trinajstić information content (AvgIpc) is 2.57. The van der Waals surface area contributed by atoms with E-state index in [1.54, 1.807) is 13.8 Å². The lowest BCUT2D eigenvalue weighted by Gasteiger charge is -2.12. The first-order valence-electron chi connectivity index (χ1n) is 10.3. The quantitative estimate of drug-likeness (QED) is 0.294. The van der Waals surface area contributed by atoms with E-state index in [0.29, 0.717) is 17.5 Å². The van der Waals surface area contributed by atoms with Gasteiger partial charge in [-0.15, -0.1) is 0 Å². The van der Waals surface area contributed by atoms with E-state index in [1.165, 1.54) is 38.5 Å². The summed E-state index contributed by atoms with van der Waals surface area (Å²) < 4.78 is 29.9. The van der Waals surface area contributed by atoms with Gasteiger partial charge in [0, 0.05) is 6.42 Å². The van der Waals surface area contributed by atoms with Crippen LogP contribution in [-0.2, 0) is 19.1 Å². The molecule has 0 unspecified atom stereocenters. The fourth-order valence-corrected chi connectivity index (χ4v) is 4.78. The highest BCUT2D eigenvalue weighted by atomic mass is 32.2. The summed E-state index contributed by atoms with van der Waals surface area (Å²) in [6, 6.07) is 3.63. The summed E-state index contributed by atoms with van der Waals surface area (Å²) >= 11 is 0. The molecule has 0 spiro atoms. The zero-order chi connectivity index (χ0) is 20.3. The van der Waals surface area contributed by atoms with Crippen LogP contribution in [0.15, 0.2) is 17.0 Å². The molecule has 0 radical (unpaired) electrons. The number of hydrogen-bond acceptors (Lipinski definition) is 4. The van der Waals surface area contributed by atoms with E-state index >= 15 is 0 Å². The Bertz CT molecular complexity index is 669. The summed E-state index contributed by atoms with van der Waals surface area (Å²) in [5.74, 6) is -0.149. The number of carbonyl (C=O) groups is 1. The van der Waals surface area contributed by atoms with E-state index in [0.717, 1.165) is 24.8 Å². The normalized spacial score (nSPS) is 11.7. The van der Waals surface area contributed by atoms with Gasteiger partial charge in [-0.3, -0.25) is 8.98 Å². The number of ketones is 1. The summed E-state index contributed by atoms with van der Waals surface area (Å²) in [6.45, 7) is 7.27. The Labute approximate surface area is 165 Å². The van der Waals surface area contributed by atoms with Crippen molar-refractivity contribution >= 4 is 15.9 Å². The molecule has 1 aromatic rings. The van der Waals surface area contributed by atoms with Crippen molar-refractivity contribution in [2.24, 2.45) is 0 Å². The van der Waals surface area contributed by atoms with Crippen molar-refractivity contribution in [2.75, 3.05) is 6.61 Å². The molecule has 0 atom stereocenters. The van der Waals surface area contributed by atoms with E-state index in [9.17, 15) is 13.2 Å². The van der Waals surface area contributed by atoms with Crippen LogP contribution in [0.1, 0.15) is 87.8 Å². The van der Waals surface area contributed by atoms with E-state index < -0.39 is 10.1 Å². The van der Waals surface area contributed by atoms with E-state index in [4.69, 9.17) is 4.18 Å². The zero-order valence-corrected chi connectivity index (χ0v) is 18.3. The van der Waals surface area contributed by atoms with Crippen molar-refractivity contribution in [1.29, 1.82) is 0 Å². The lowest BCUT2D eigenvalue weighted by atomic mass is 10.1. The maximum absolute atomic E-state index is 12.4. The molecule has 5 heteroatoms. The number of aryl methyl sites for hydroxylation is 3. The molecule has 0 saturated heterocycles. The molecule has 0 bridgehead atoms. The molecule has 1 rings (SSSR count). The molecular formula is C22H36O4S. The summed E-state index contributed by atoms with van der Waals surface area (Å²) in [7, 11) is -3.90. The third-order valence-corrected chi connectivity index (χ3v) is 6.36. The fraction of sp³-hybridized carbons (Fsp3) is 0.682. The lowest BCUT2D eigenvalue weighted by Crippen LogP contribution is -2.16. The number of Topliss-reactive ketones (excluding diaryl/α,β-unsaturated/α-hetero) is 1. The minimum absolute atomic E-state index is 0.149. The van der Waals surface area contributed by atoms with E-state index in [2.05, 4.69) is 6.92 Å². The van der Waals surface area contributed by atoms with Crippen LogP contribution in [0.4, 0.5) is 0 Å². The van der Waals surface area contributed by atoms with Crippen molar-refractivity contribution in [1.82, 2.24) is 0 Å². The summed E-state index contributed by atoms with van der Waals surface area (Å²) in [4.78, 5) is 12.1. The Morgan fingerprint density at radius 3 is 1.85 bits per heavy atom. The zero-order valence-electron chi connectivity index (χ0n) is 17.5. The third-order valence-electron chi connectivity index (χ3n) is 4.79. The molecule has 0 aromatic heterocycles. The van der Waals surface area contributed by atoms with Gasteiger partial charge in [0.2, 0.25) is 0 Å². The highest BCUT2D eigenvalue weighted by Crippen LogP contribution is 2.23. The first kappa shape index (κ1) is 23.8. The van der Waals surface area contributed by atoms with Gasteiger partial charge in [-0.2, -0.15) is 8.42 Å². The van der Waals surface area contributed by atoms with Gasteiger partial charge in [0.1, 0.15) is 6.61 Å². The van der Waals surface area contributed by atoms with Crippen LogP contribution >= 0.6 is 0 Å². The molecule has 0 aliphatic carbocycles. The molecule has 0 fully saturated rings. The van der Waals surface area contributed by atoms with E-state index in [-0.39, 0.29) is 17.3 Å². The smallest absolute Gasteiger partial charge is 0.297 e. The Morgan fingerprint density at radius 2 is 1.33 bits per heavy atom. The molecule has 1 aromatic carbocycles. The number of unbranched alkanes of at least 4 members (excludes halogenated alkanes) is 8. The Kier molecular flexibility index (Phi) is 10.9. The van der Waals surface area contributed by atoms with Gasteiger partial charge in [-0.25, -0.2) is 0 Å². The Morgan fingerprint density at radius 1 is 0.852 bits per heavy atom. The second-order valence-corrected chi connectivity index (χ2v) is 9.11. The Hall–Kier alpha value is -1.20. The van der Waals surface area contributed by atoms with Gasteiger partial charge in [-0.05, 0) is 38.3 Å². The van der Waals surface area contributed by atoms with Gasteiger partial charge in [0.15, 0.2) is 5.78 Å². The second-order valence-electron chi connectivity index (χ2n) is 7.56. The average molecular weight is 397 g/mol. The maximum atomic E-state index is 12.4. The van der Waals surface area contributed by atoms with Crippen molar-refractivity contribution in [2.45, 2.75) is 96.8 Å². The molecule has 0 heterocycles. The first-order valence-corrected chi connectivity index (χ1v) is 11.7. The minimum atomic E-state index is -3.90. The number of carbonyl (C=O) groups excluding carboxylic acids is 1. The largest absolute Gasteiger partial charge is 0.297 e. The van der Waals surface area contributed by atoms with Gasteiger partial charge >= 0.3 is 0 Å². The molecule has 0 saturated carbocycles. The van der Waals surface area contributed by atoms with Crippen LogP contribution < -0.4 is 0 Å². The molecule has 0 amide bonds. The molecule has 27 heavy (non-hydrogen) atoms. The lowest BCUT2D eigenvalue weighted by molar-refractivity contribution is -0.121. The number of benzene rings is 1. The molecule has 0 aliphatic rings.